The number of amides is 1. The van der Waals surface area contributed by atoms with Crippen LogP contribution in [0.25, 0.3) is 0 Å². The van der Waals surface area contributed by atoms with Gasteiger partial charge in [0.2, 0.25) is 11.5 Å². The van der Waals surface area contributed by atoms with Gasteiger partial charge < -0.3 is 19.6 Å². The summed E-state index contributed by atoms with van der Waals surface area (Å²) < 4.78 is 5.83. The predicted octanol–water partition coefficient (Wildman–Crippen LogP) is 5.97. The molecular formula is C30H44N2O4. The molecular weight excluding hydrogens is 452 g/mol. The van der Waals surface area contributed by atoms with E-state index in [2.05, 4.69) is 6.92 Å². The van der Waals surface area contributed by atoms with Gasteiger partial charge in [0.1, 0.15) is 5.75 Å². The van der Waals surface area contributed by atoms with Crippen LogP contribution in [0, 0.1) is 0 Å². The molecule has 2 rings (SSSR count). The Morgan fingerprint density at radius 2 is 1.61 bits per heavy atom. The molecule has 0 spiro atoms. The molecule has 36 heavy (non-hydrogen) atoms. The lowest BCUT2D eigenvalue weighted by Gasteiger charge is -2.25. The second-order valence-electron chi connectivity index (χ2n) is 9.92. The zero-order valence-corrected chi connectivity index (χ0v) is 22.8. The van der Waals surface area contributed by atoms with Crippen molar-refractivity contribution in [2.45, 2.75) is 77.7 Å². The molecule has 0 aliphatic rings. The van der Waals surface area contributed by atoms with Gasteiger partial charge in [0.25, 0.3) is 0 Å². The summed E-state index contributed by atoms with van der Waals surface area (Å²) in [7, 11) is 4.01. The highest BCUT2D eigenvalue weighted by Crippen LogP contribution is 2.23. The van der Waals surface area contributed by atoms with Crippen molar-refractivity contribution >= 4 is 17.6 Å². The molecule has 1 N–H and O–H groups in total. The summed E-state index contributed by atoms with van der Waals surface area (Å²) in [5.41, 5.74) is 1.89. The zero-order valence-electron chi connectivity index (χ0n) is 22.8. The van der Waals surface area contributed by atoms with Gasteiger partial charge in [0.05, 0.1) is 6.42 Å². The van der Waals surface area contributed by atoms with Gasteiger partial charge in [0, 0.05) is 32.9 Å². The molecule has 0 aliphatic carbocycles. The Morgan fingerprint density at radius 1 is 0.917 bits per heavy atom. The van der Waals surface area contributed by atoms with E-state index < -0.39 is 11.6 Å². The standard InChI is InChI=1S/C30H44N2O4/c1-6-8-9-10-11-20-32(28(33)23-25-15-17-26(18-16-25)31(4)5)21-19-24-13-12-14-27(22-24)36-30(3,7-2)29(34)35/h12-18,22H,6-11,19-21,23H2,1-5H3,(H,34,35). The SMILES string of the molecule is CCCCCCCN(CCc1cccc(OC(C)(CC)C(=O)O)c1)C(=O)Cc1ccc(N(C)C)cc1. The number of carboxylic acid groups (broad SMARTS) is 1. The first kappa shape index (κ1) is 29.2. The first-order valence-electron chi connectivity index (χ1n) is 13.2. The van der Waals surface area contributed by atoms with Gasteiger partial charge in [-0.1, -0.05) is 63.8 Å². The van der Waals surface area contributed by atoms with Gasteiger partial charge in [-0.25, -0.2) is 4.79 Å². The highest BCUT2D eigenvalue weighted by atomic mass is 16.5. The number of hydrogen-bond acceptors (Lipinski definition) is 4. The molecule has 2 aromatic carbocycles. The number of benzene rings is 2. The van der Waals surface area contributed by atoms with E-state index in [-0.39, 0.29) is 5.91 Å². The van der Waals surface area contributed by atoms with Gasteiger partial charge in [0.15, 0.2) is 0 Å². The van der Waals surface area contributed by atoms with Gasteiger partial charge in [-0.05, 0) is 61.6 Å². The molecule has 198 valence electrons. The van der Waals surface area contributed by atoms with Crippen molar-refractivity contribution in [1.82, 2.24) is 4.90 Å². The number of carbonyl (C=O) groups is 2. The second-order valence-corrected chi connectivity index (χ2v) is 9.92. The molecule has 0 bridgehead atoms. The lowest BCUT2D eigenvalue weighted by atomic mass is 10.0. The van der Waals surface area contributed by atoms with Crippen LogP contribution in [0.1, 0.15) is 70.4 Å². The molecule has 0 aliphatic heterocycles. The van der Waals surface area contributed by atoms with Crippen molar-refractivity contribution in [2.24, 2.45) is 0 Å². The van der Waals surface area contributed by atoms with Crippen molar-refractivity contribution in [3.63, 3.8) is 0 Å². The molecule has 6 heteroatoms. The molecule has 0 saturated carbocycles. The number of carbonyl (C=O) groups excluding carboxylic acids is 1. The van der Waals surface area contributed by atoms with Crippen molar-refractivity contribution in [3.8, 4) is 5.75 Å². The summed E-state index contributed by atoms with van der Waals surface area (Å²) in [6.07, 6.45) is 7.19. The summed E-state index contributed by atoms with van der Waals surface area (Å²) in [4.78, 5) is 28.9. The van der Waals surface area contributed by atoms with Gasteiger partial charge in [-0.15, -0.1) is 0 Å². The van der Waals surface area contributed by atoms with Crippen molar-refractivity contribution in [3.05, 3.63) is 59.7 Å². The minimum Gasteiger partial charge on any atom is -0.478 e. The van der Waals surface area contributed by atoms with Crippen molar-refractivity contribution in [1.29, 1.82) is 0 Å². The van der Waals surface area contributed by atoms with Crippen LogP contribution < -0.4 is 9.64 Å². The Bertz CT molecular complexity index is 958. The van der Waals surface area contributed by atoms with E-state index in [1.807, 2.05) is 66.4 Å². The topological polar surface area (TPSA) is 70.1 Å². The molecule has 0 fully saturated rings. The highest BCUT2D eigenvalue weighted by Gasteiger charge is 2.33. The molecule has 0 radical (unpaired) electrons. The fourth-order valence-corrected chi connectivity index (χ4v) is 4.02. The number of nitrogens with zero attached hydrogens (tertiary/aromatic N) is 2. The van der Waals surface area contributed by atoms with E-state index in [1.165, 1.54) is 19.3 Å². The third kappa shape index (κ3) is 9.21. The van der Waals surface area contributed by atoms with Crippen LogP contribution in [0.2, 0.25) is 0 Å². The fraction of sp³-hybridized carbons (Fsp3) is 0.533. The van der Waals surface area contributed by atoms with Gasteiger partial charge in [-0.3, -0.25) is 4.79 Å². The minimum absolute atomic E-state index is 0.139. The average Bonchev–Trinajstić information content (AvgIpc) is 2.86. The molecule has 6 nitrogen and oxygen atoms in total. The first-order valence-corrected chi connectivity index (χ1v) is 13.2. The Kier molecular flexibility index (Phi) is 11.8. The molecule has 2 aromatic rings. The average molecular weight is 497 g/mol. The van der Waals surface area contributed by atoms with E-state index in [4.69, 9.17) is 4.74 Å². The first-order chi connectivity index (χ1) is 17.2. The Hall–Kier alpha value is -3.02. The largest absolute Gasteiger partial charge is 0.478 e. The molecule has 0 heterocycles. The van der Waals surface area contributed by atoms with Crippen LogP contribution >= 0.6 is 0 Å². The van der Waals surface area contributed by atoms with Crippen LogP contribution in [-0.4, -0.2) is 54.7 Å². The zero-order chi connectivity index (χ0) is 26.6. The summed E-state index contributed by atoms with van der Waals surface area (Å²) in [6, 6.07) is 15.7. The second kappa shape index (κ2) is 14.5. The lowest BCUT2D eigenvalue weighted by Crippen LogP contribution is -2.40. The summed E-state index contributed by atoms with van der Waals surface area (Å²) in [6.45, 7) is 6.97. The number of unbranched alkanes of at least 4 members (excludes halogenated alkanes) is 4. The van der Waals surface area contributed by atoms with E-state index in [1.54, 1.807) is 19.9 Å². The normalized spacial score (nSPS) is 12.6. The van der Waals surface area contributed by atoms with E-state index in [0.29, 0.717) is 31.6 Å². The maximum Gasteiger partial charge on any atom is 0.347 e. The Labute approximate surface area is 217 Å². The number of rotatable bonds is 16. The van der Waals surface area contributed by atoms with Crippen LogP contribution in [0.3, 0.4) is 0 Å². The Balaban J connectivity index is 2.06. The van der Waals surface area contributed by atoms with Crippen LogP contribution in [0.15, 0.2) is 48.5 Å². The van der Waals surface area contributed by atoms with Gasteiger partial charge >= 0.3 is 5.97 Å². The molecule has 0 saturated heterocycles. The Morgan fingerprint density at radius 3 is 2.22 bits per heavy atom. The van der Waals surface area contributed by atoms with Crippen molar-refractivity contribution in [2.75, 3.05) is 32.1 Å². The number of carboxylic acids is 1. The summed E-state index contributed by atoms with van der Waals surface area (Å²) in [5.74, 6) is -0.300. The van der Waals surface area contributed by atoms with Crippen LogP contribution in [0.4, 0.5) is 5.69 Å². The van der Waals surface area contributed by atoms with E-state index in [9.17, 15) is 14.7 Å². The third-order valence-corrected chi connectivity index (χ3v) is 6.73. The van der Waals surface area contributed by atoms with E-state index in [0.717, 1.165) is 36.2 Å². The molecule has 1 unspecified atom stereocenters. The lowest BCUT2D eigenvalue weighted by molar-refractivity contribution is -0.154. The van der Waals surface area contributed by atoms with Crippen molar-refractivity contribution < 1.29 is 19.4 Å². The number of ether oxygens (including phenoxy) is 1. The minimum atomic E-state index is -1.26. The highest BCUT2D eigenvalue weighted by molar-refractivity contribution is 5.79. The van der Waals surface area contributed by atoms with Gasteiger partial charge in [-0.2, -0.15) is 0 Å². The number of hydrogen-bond donors (Lipinski definition) is 1. The molecule has 1 atom stereocenters. The fourth-order valence-electron chi connectivity index (χ4n) is 4.02. The summed E-state index contributed by atoms with van der Waals surface area (Å²) >= 11 is 0. The third-order valence-electron chi connectivity index (χ3n) is 6.73. The van der Waals surface area contributed by atoms with Crippen LogP contribution in [-0.2, 0) is 22.4 Å². The maximum absolute atomic E-state index is 13.3. The van der Waals surface area contributed by atoms with Crippen LogP contribution in [0.5, 0.6) is 5.75 Å². The monoisotopic (exact) mass is 496 g/mol. The molecule has 0 aromatic heterocycles. The maximum atomic E-state index is 13.3. The molecule has 1 amide bonds. The number of anilines is 1. The van der Waals surface area contributed by atoms with E-state index >= 15 is 0 Å². The number of aliphatic carboxylic acids is 1. The predicted molar refractivity (Wildman–Crippen MR) is 147 cm³/mol. The summed E-state index contributed by atoms with van der Waals surface area (Å²) in [5, 5.41) is 9.53. The quantitative estimate of drug-likeness (QED) is 0.290. The smallest absolute Gasteiger partial charge is 0.347 e.